The Balaban J connectivity index is 1.99. The van der Waals surface area contributed by atoms with Crippen molar-refractivity contribution in [2.24, 2.45) is 5.92 Å². The molecule has 1 aliphatic rings. The van der Waals surface area contributed by atoms with Crippen molar-refractivity contribution >= 4 is 23.2 Å². The van der Waals surface area contributed by atoms with Crippen LogP contribution < -0.4 is 0 Å². The summed E-state index contributed by atoms with van der Waals surface area (Å²) in [6.45, 7) is 1.75. The molecule has 1 saturated carbocycles. The SMILES string of the molecule is Cc1cc(C(Cl)CCC2CCCC2)c(Cl)cc1F. The number of alkyl halides is 1. The maximum atomic E-state index is 13.3. The molecule has 0 nitrogen and oxygen atoms in total. The van der Waals surface area contributed by atoms with E-state index in [9.17, 15) is 4.39 Å². The third kappa shape index (κ3) is 3.39. The van der Waals surface area contributed by atoms with Gasteiger partial charge in [0, 0.05) is 5.02 Å². The minimum absolute atomic E-state index is 0.0996. The van der Waals surface area contributed by atoms with Crippen LogP contribution in [0.5, 0.6) is 0 Å². The molecule has 0 aliphatic heterocycles. The molecule has 3 heteroatoms. The summed E-state index contributed by atoms with van der Waals surface area (Å²) in [5, 5.41) is 0.349. The van der Waals surface area contributed by atoms with Gasteiger partial charge in [-0.1, -0.05) is 43.4 Å². The maximum absolute atomic E-state index is 13.3. The Morgan fingerprint density at radius 3 is 2.67 bits per heavy atom. The van der Waals surface area contributed by atoms with Crippen LogP contribution in [0.2, 0.25) is 5.02 Å². The van der Waals surface area contributed by atoms with Gasteiger partial charge in [-0.2, -0.15) is 0 Å². The second kappa shape index (κ2) is 6.25. The van der Waals surface area contributed by atoms with Crippen molar-refractivity contribution in [2.75, 3.05) is 0 Å². The van der Waals surface area contributed by atoms with Crippen LogP contribution in [0.15, 0.2) is 12.1 Å². The summed E-state index contributed by atoms with van der Waals surface area (Å²) in [4.78, 5) is 0. The molecule has 0 radical (unpaired) electrons. The molecule has 1 aromatic carbocycles. The Kier molecular flexibility index (Phi) is 4.91. The van der Waals surface area contributed by atoms with Crippen molar-refractivity contribution in [2.45, 2.75) is 50.8 Å². The van der Waals surface area contributed by atoms with E-state index in [2.05, 4.69) is 0 Å². The van der Waals surface area contributed by atoms with Crippen LogP contribution in [0.4, 0.5) is 4.39 Å². The van der Waals surface area contributed by atoms with E-state index in [0.717, 1.165) is 24.3 Å². The highest BCUT2D eigenvalue weighted by molar-refractivity contribution is 6.32. The molecule has 1 aliphatic carbocycles. The highest BCUT2D eigenvalue weighted by Gasteiger charge is 2.19. The number of hydrogen-bond acceptors (Lipinski definition) is 0. The van der Waals surface area contributed by atoms with Crippen LogP contribution in [-0.2, 0) is 0 Å². The monoisotopic (exact) mass is 288 g/mol. The molecular formula is C15H19Cl2F. The van der Waals surface area contributed by atoms with Gasteiger partial charge < -0.3 is 0 Å². The highest BCUT2D eigenvalue weighted by Crippen LogP contribution is 2.36. The summed E-state index contributed by atoms with van der Waals surface area (Å²) < 4.78 is 13.3. The van der Waals surface area contributed by atoms with Crippen molar-refractivity contribution in [3.63, 3.8) is 0 Å². The average molecular weight is 289 g/mol. The smallest absolute Gasteiger partial charge is 0.127 e. The first kappa shape index (κ1) is 14.1. The van der Waals surface area contributed by atoms with Crippen LogP contribution in [-0.4, -0.2) is 0 Å². The van der Waals surface area contributed by atoms with Gasteiger partial charge in [-0.3, -0.25) is 0 Å². The molecule has 1 aromatic rings. The highest BCUT2D eigenvalue weighted by atomic mass is 35.5. The summed E-state index contributed by atoms with van der Waals surface area (Å²) in [5.74, 6) is 0.565. The maximum Gasteiger partial charge on any atom is 0.127 e. The summed E-state index contributed by atoms with van der Waals surface area (Å²) >= 11 is 12.5. The minimum Gasteiger partial charge on any atom is -0.207 e. The summed E-state index contributed by atoms with van der Waals surface area (Å²) in [6, 6.07) is 3.15. The molecule has 0 spiro atoms. The molecule has 100 valence electrons. The van der Waals surface area contributed by atoms with Crippen LogP contribution in [0.1, 0.15) is 55.0 Å². The van der Waals surface area contributed by atoms with Gasteiger partial charge in [0.05, 0.1) is 5.38 Å². The van der Waals surface area contributed by atoms with E-state index in [-0.39, 0.29) is 11.2 Å². The lowest BCUT2D eigenvalue weighted by molar-refractivity contribution is 0.479. The molecular weight excluding hydrogens is 270 g/mol. The molecule has 1 fully saturated rings. The van der Waals surface area contributed by atoms with E-state index >= 15 is 0 Å². The fourth-order valence-electron chi connectivity index (χ4n) is 2.76. The molecule has 0 amide bonds. The molecule has 0 aromatic heterocycles. The van der Waals surface area contributed by atoms with Crippen molar-refractivity contribution in [1.29, 1.82) is 0 Å². The molecule has 0 N–H and O–H groups in total. The number of hydrogen-bond donors (Lipinski definition) is 0. The van der Waals surface area contributed by atoms with E-state index < -0.39 is 0 Å². The zero-order valence-corrected chi connectivity index (χ0v) is 12.2. The zero-order chi connectivity index (χ0) is 13.1. The molecule has 0 bridgehead atoms. The molecule has 0 heterocycles. The third-order valence-electron chi connectivity index (χ3n) is 3.92. The van der Waals surface area contributed by atoms with E-state index in [1.54, 1.807) is 13.0 Å². The van der Waals surface area contributed by atoms with Crippen molar-refractivity contribution in [3.05, 3.63) is 34.1 Å². The first-order valence-electron chi connectivity index (χ1n) is 6.67. The lowest BCUT2D eigenvalue weighted by Gasteiger charge is -2.15. The van der Waals surface area contributed by atoms with Gasteiger partial charge in [0.25, 0.3) is 0 Å². The second-order valence-corrected chi connectivity index (χ2v) is 6.25. The standard InChI is InChI=1S/C15H19Cl2F/c1-10-8-12(14(17)9-15(10)18)13(16)7-6-11-4-2-3-5-11/h8-9,11,13H,2-7H2,1H3. The van der Waals surface area contributed by atoms with Crippen LogP contribution in [0, 0.1) is 18.7 Å². The number of benzene rings is 1. The molecule has 2 rings (SSSR count). The lowest BCUT2D eigenvalue weighted by Crippen LogP contribution is -1.99. The second-order valence-electron chi connectivity index (χ2n) is 5.32. The Morgan fingerprint density at radius 1 is 1.33 bits per heavy atom. The quantitative estimate of drug-likeness (QED) is 0.593. The van der Waals surface area contributed by atoms with Crippen molar-refractivity contribution in [1.82, 2.24) is 0 Å². The van der Waals surface area contributed by atoms with Gasteiger partial charge >= 0.3 is 0 Å². The summed E-state index contributed by atoms with van der Waals surface area (Å²) in [7, 11) is 0. The van der Waals surface area contributed by atoms with Crippen molar-refractivity contribution in [3.8, 4) is 0 Å². The Bertz CT molecular complexity index is 411. The lowest BCUT2D eigenvalue weighted by atomic mass is 9.97. The first-order valence-corrected chi connectivity index (χ1v) is 7.49. The van der Waals surface area contributed by atoms with Gasteiger partial charge in [-0.25, -0.2) is 4.39 Å². The Hall–Kier alpha value is -0.270. The van der Waals surface area contributed by atoms with Gasteiger partial charge in [0.1, 0.15) is 5.82 Å². The van der Waals surface area contributed by atoms with Gasteiger partial charge in [-0.05, 0) is 42.9 Å². The van der Waals surface area contributed by atoms with Crippen molar-refractivity contribution < 1.29 is 4.39 Å². The van der Waals surface area contributed by atoms with E-state index in [0.29, 0.717) is 10.6 Å². The first-order chi connectivity index (χ1) is 8.58. The average Bonchev–Trinajstić information content (AvgIpc) is 2.84. The summed E-state index contributed by atoms with van der Waals surface area (Å²) in [6.07, 6.45) is 7.46. The van der Waals surface area contributed by atoms with E-state index in [4.69, 9.17) is 23.2 Å². The zero-order valence-electron chi connectivity index (χ0n) is 10.7. The number of halogens is 3. The normalized spacial score (nSPS) is 18.2. The Morgan fingerprint density at radius 2 is 2.00 bits per heavy atom. The molecule has 0 saturated heterocycles. The fourth-order valence-corrected chi connectivity index (χ4v) is 3.40. The molecule has 1 atom stereocenters. The summed E-state index contributed by atoms with van der Waals surface area (Å²) in [5.41, 5.74) is 1.48. The van der Waals surface area contributed by atoms with Gasteiger partial charge in [0.15, 0.2) is 0 Å². The van der Waals surface area contributed by atoms with Crippen LogP contribution >= 0.6 is 23.2 Å². The predicted molar refractivity (Wildman–Crippen MR) is 75.9 cm³/mol. The third-order valence-corrected chi connectivity index (χ3v) is 4.70. The largest absolute Gasteiger partial charge is 0.207 e. The Labute approximate surface area is 118 Å². The van der Waals surface area contributed by atoms with Crippen LogP contribution in [0.25, 0.3) is 0 Å². The van der Waals surface area contributed by atoms with Gasteiger partial charge in [0.2, 0.25) is 0 Å². The van der Waals surface area contributed by atoms with E-state index in [1.165, 1.54) is 31.7 Å². The van der Waals surface area contributed by atoms with Crippen LogP contribution in [0.3, 0.4) is 0 Å². The predicted octanol–water partition coefficient (Wildman–Crippen LogP) is 6.04. The topological polar surface area (TPSA) is 0 Å². The van der Waals surface area contributed by atoms with E-state index in [1.807, 2.05) is 0 Å². The number of rotatable bonds is 4. The molecule has 18 heavy (non-hydrogen) atoms. The fraction of sp³-hybridized carbons (Fsp3) is 0.600. The number of aryl methyl sites for hydroxylation is 1. The van der Waals surface area contributed by atoms with Gasteiger partial charge in [-0.15, -0.1) is 11.6 Å². The minimum atomic E-state index is -0.261. The molecule has 1 unspecified atom stereocenters.